The van der Waals surface area contributed by atoms with Crippen LogP contribution in [-0.4, -0.2) is 49.4 Å². The second-order valence-corrected chi connectivity index (χ2v) is 5.37. The minimum absolute atomic E-state index is 0.0735. The van der Waals surface area contributed by atoms with Crippen molar-refractivity contribution in [3.8, 4) is 0 Å². The zero-order valence-corrected chi connectivity index (χ0v) is 14.7. The van der Waals surface area contributed by atoms with Gasteiger partial charge in [-0.2, -0.15) is 0 Å². The van der Waals surface area contributed by atoms with Crippen LogP contribution in [0.5, 0.6) is 0 Å². The van der Waals surface area contributed by atoms with E-state index in [1.165, 1.54) is 19.1 Å². The van der Waals surface area contributed by atoms with Crippen LogP contribution in [-0.2, 0) is 28.5 Å². The van der Waals surface area contributed by atoms with Gasteiger partial charge in [0.25, 0.3) is 6.47 Å². The number of rotatable bonds is 11. The van der Waals surface area contributed by atoms with Crippen molar-refractivity contribution in [1.29, 1.82) is 0 Å². The lowest BCUT2D eigenvalue weighted by Crippen LogP contribution is -2.20. The number of hydrogen-bond acceptors (Lipinski definition) is 8. The maximum atomic E-state index is 12.2. The van der Waals surface area contributed by atoms with Crippen molar-refractivity contribution in [3.05, 3.63) is 47.5 Å². The molecule has 142 valence electrons. The maximum absolute atomic E-state index is 12.2. The first kappa shape index (κ1) is 21.3. The summed E-state index contributed by atoms with van der Waals surface area (Å²) < 4.78 is 19.7. The highest BCUT2D eigenvalue weighted by Crippen LogP contribution is 2.20. The number of benzene rings is 1. The molecule has 0 aliphatic heterocycles. The van der Waals surface area contributed by atoms with E-state index in [1.807, 2.05) is 0 Å². The number of hydrogen-bond donors (Lipinski definition) is 1. The summed E-state index contributed by atoms with van der Waals surface area (Å²) in [5.74, 6) is -1.25. The molecule has 26 heavy (non-hydrogen) atoms. The van der Waals surface area contributed by atoms with E-state index < -0.39 is 24.3 Å². The smallest absolute Gasteiger partial charge is 0.338 e. The summed E-state index contributed by atoms with van der Waals surface area (Å²) in [4.78, 5) is 33.6. The average molecular weight is 366 g/mol. The first-order valence-corrected chi connectivity index (χ1v) is 7.84. The van der Waals surface area contributed by atoms with E-state index in [1.54, 1.807) is 19.1 Å². The van der Waals surface area contributed by atoms with Gasteiger partial charge in [-0.1, -0.05) is 24.8 Å². The molecule has 1 rings (SSSR count). The molecule has 0 spiro atoms. The summed E-state index contributed by atoms with van der Waals surface area (Å²) in [6.07, 6.45) is -2.00. The third-order valence-corrected chi connectivity index (χ3v) is 3.12. The van der Waals surface area contributed by atoms with E-state index in [9.17, 15) is 19.5 Å². The Morgan fingerprint density at radius 2 is 1.92 bits per heavy atom. The van der Waals surface area contributed by atoms with Crippen molar-refractivity contribution >= 4 is 18.4 Å². The molecule has 0 radical (unpaired) electrons. The Morgan fingerprint density at radius 1 is 1.23 bits per heavy atom. The zero-order chi connectivity index (χ0) is 19.5. The SMILES string of the molecule is C=C(C)C(=O)OCCOC(O)c1ccccc1C(=O)OCC(C)OC=O. The van der Waals surface area contributed by atoms with Gasteiger partial charge in [0, 0.05) is 11.1 Å². The van der Waals surface area contributed by atoms with Crippen molar-refractivity contribution in [1.82, 2.24) is 0 Å². The molecule has 8 nitrogen and oxygen atoms in total. The Hall–Kier alpha value is -2.71. The van der Waals surface area contributed by atoms with Crippen LogP contribution in [0, 0.1) is 0 Å². The van der Waals surface area contributed by atoms with Crippen LogP contribution >= 0.6 is 0 Å². The van der Waals surface area contributed by atoms with E-state index in [2.05, 4.69) is 11.3 Å². The van der Waals surface area contributed by atoms with Crippen molar-refractivity contribution in [2.45, 2.75) is 26.2 Å². The van der Waals surface area contributed by atoms with E-state index in [-0.39, 0.29) is 43.0 Å². The molecule has 2 atom stereocenters. The number of aliphatic hydroxyl groups is 1. The highest BCUT2D eigenvalue weighted by Gasteiger charge is 2.19. The highest BCUT2D eigenvalue weighted by atomic mass is 16.6. The summed E-state index contributed by atoms with van der Waals surface area (Å²) >= 11 is 0. The second kappa shape index (κ2) is 11.0. The zero-order valence-electron chi connectivity index (χ0n) is 14.7. The Morgan fingerprint density at radius 3 is 2.58 bits per heavy atom. The molecular formula is C18H22O8. The third-order valence-electron chi connectivity index (χ3n) is 3.12. The van der Waals surface area contributed by atoms with Gasteiger partial charge in [-0.15, -0.1) is 0 Å². The minimum atomic E-state index is -1.41. The summed E-state index contributed by atoms with van der Waals surface area (Å²) in [6.45, 7) is 6.52. The number of aliphatic hydroxyl groups excluding tert-OH is 1. The van der Waals surface area contributed by atoms with Gasteiger partial charge in [0.2, 0.25) is 0 Å². The molecule has 1 aromatic carbocycles. The van der Waals surface area contributed by atoms with Gasteiger partial charge in [0.05, 0.1) is 12.2 Å². The van der Waals surface area contributed by atoms with Crippen LogP contribution in [0.25, 0.3) is 0 Å². The van der Waals surface area contributed by atoms with Crippen LogP contribution in [0.3, 0.4) is 0 Å². The molecule has 0 bridgehead atoms. The molecule has 1 aromatic rings. The third kappa shape index (κ3) is 7.04. The maximum Gasteiger partial charge on any atom is 0.338 e. The van der Waals surface area contributed by atoms with E-state index in [4.69, 9.17) is 14.2 Å². The molecule has 0 aliphatic carbocycles. The molecule has 0 heterocycles. The van der Waals surface area contributed by atoms with Crippen LogP contribution < -0.4 is 0 Å². The van der Waals surface area contributed by atoms with Gasteiger partial charge >= 0.3 is 11.9 Å². The lowest BCUT2D eigenvalue weighted by Gasteiger charge is -2.16. The van der Waals surface area contributed by atoms with Gasteiger partial charge in [-0.3, -0.25) is 4.79 Å². The molecule has 0 amide bonds. The average Bonchev–Trinajstić information content (AvgIpc) is 2.63. The Bertz CT molecular complexity index is 640. The van der Waals surface area contributed by atoms with E-state index >= 15 is 0 Å². The molecule has 2 unspecified atom stereocenters. The summed E-state index contributed by atoms with van der Waals surface area (Å²) in [5, 5.41) is 10.1. The van der Waals surface area contributed by atoms with Crippen LogP contribution in [0.2, 0.25) is 0 Å². The van der Waals surface area contributed by atoms with Gasteiger partial charge in [-0.05, 0) is 19.9 Å². The number of esters is 2. The predicted molar refractivity (Wildman–Crippen MR) is 90.0 cm³/mol. The minimum Gasteiger partial charge on any atom is -0.461 e. The molecule has 0 saturated heterocycles. The second-order valence-electron chi connectivity index (χ2n) is 5.37. The summed E-state index contributed by atoms with van der Waals surface area (Å²) in [7, 11) is 0. The molecular weight excluding hydrogens is 344 g/mol. The Kier molecular flexibility index (Phi) is 9.04. The van der Waals surface area contributed by atoms with Crippen molar-refractivity contribution < 1.29 is 38.4 Å². The van der Waals surface area contributed by atoms with Gasteiger partial charge in [-0.25, -0.2) is 9.59 Å². The number of carbonyl (C=O) groups is 3. The van der Waals surface area contributed by atoms with Crippen molar-refractivity contribution in [2.24, 2.45) is 0 Å². The molecule has 8 heteroatoms. The first-order valence-electron chi connectivity index (χ1n) is 7.84. The van der Waals surface area contributed by atoms with Gasteiger partial charge in [0.1, 0.15) is 19.3 Å². The molecule has 0 aromatic heterocycles. The first-order chi connectivity index (χ1) is 12.4. The predicted octanol–water partition coefficient (Wildman–Crippen LogP) is 1.53. The largest absolute Gasteiger partial charge is 0.461 e. The topological polar surface area (TPSA) is 108 Å². The Labute approximate surface area is 151 Å². The van der Waals surface area contributed by atoms with E-state index in [0.717, 1.165) is 0 Å². The number of ether oxygens (including phenoxy) is 4. The fourth-order valence-electron chi connectivity index (χ4n) is 1.81. The fourth-order valence-corrected chi connectivity index (χ4v) is 1.81. The highest BCUT2D eigenvalue weighted by molar-refractivity contribution is 5.91. The monoisotopic (exact) mass is 366 g/mol. The normalized spacial score (nSPS) is 12.6. The standard InChI is InChI=1S/C18H22O8/c1-12(2)16(20)23-8-9-24-17(21)14-6-4-5-7-15(14)18(22)25-10-13(3)26-11-19/h4-7,11,13,17,21H,1,8-10H2,2-3H3. The van der Waals surface area contributed by atoms with Gasteiger partial charge in [0.15, 0.2) is 6.29 Å². The van der Waals surface area contributed by atoms with Crippen LogP contribution in [0.1, 0.15) is 36.1 Å². The number of carbonyl (C=O) groups excluding carboxylic acids is 3. The summed E-state index contributed by atoms with van der Waals surface area (Å²) in [5.41, 5.74) is 0.566. The lowest BCUT2D eigenvalue weighted by atomic mass is 10.1. The molecule has 0 saturated carbocycles. The van der Waals surface area contributed by atoms with Crippen molar-refractivity contribution in [3.63, 3.8) is 0 Å². The van der Waals surface area contributed by atoms with Crippen molar-refractivity contribution in [2.75, 3.05) is 19.8 Å². The van der Waals surface area contributed by atoms with Crippen LogP contribution in [0.4, 0.5) is 0 Å². The summed E-state index contributed by atoms with van der Waals surface area (Å²) in [6, 6.07) is 6.20. The van der Waals surface area contributed by atoms with Gasteiger partial charge < -0.3 is 24.1 Å². The Balaban J connectivity index is 2.61. The van der Waals surface area contributed by atoms with E-state index in [0.29, 0.717) is 0 Å². The molecule has 0 fully saturated rings. The van der Waals surface area contributed by atoms with Crippen LogP contribution in [0.15, 0.2) is 36.4 Å². The fraction of sp³-hybridized carbons (Fsp3) is 0.389. The molecule has 1 N–H and O–H groups in total. The lowest BCUT2D eigenvalue weighted by molar-refractivity contribution is -0.147. The molecule has 0 aliphatic rings. The quantitative estimate of drug-likeness (QED) is 0.157.